The lowest BCUT2D eigenvalue weighted by atomic mass is 9.89. The Balaban J connectivity index is 1.05. The molecule has 0 amide bonds. The molecule has 10 aromatic rings. The molecule has 13 rings (SSSR count). The van der Waals surface area contributed by atoms with Gasteiger partial charge in [-0.3, -0.25) is 4.40 Å². The van der Waals surface area contributed by atoms with Crippen molar-refractivity contribution in [2.75, 3.05) is 0 Å². The van der Waals surface area contributed by atoms with Crippen LogP contribution in [0, 0.1) is 6.92 Å². The Morgan fingerprint density at radius 1 is 0.515 bits per heavy atom. The summed E-state index contributed by atoms with van der Waals surface area (Å²) < 4.78 is 16.1. The minimum absolute atomic E-state index is 0.458. The van der Waals surface area contributed by atoms with E-state index < -0.39 is 16.1 Å². The Morgan fingerprint density at radius 3 is 1.72 bits per heavy atom. The van der Waals surface area contributed by atoms with Crippen molar-refractivity contribution in [3.8, 4) is 33.8 Å². The Kier molecular flexibility index (Phi) is 9.88. The molecule has 1 aliphatic heterocycles. The zero-order valence-electron chi connectivity index (χ0n) is 39.3. The number of hydrogen-bond donors (Lipinski definition) is 0. The van der Waals surface area contributed by atoms with Gasteiger partial charge in [0.1, 0.15) is 19.6 Å². The predicted octanol–water partition coefficient (Wildman–Crippen LogP) is 12.5. The highest BCUT2D eigenvalue weighted by Gasteiger charge is 2.44. The van der Waals surface area contributed by atoms with Crippen molar-refractivity contribution < 1.29 is 9.15 Å². The average molecular weight is 917 g/mol. The van der Waals surface area contributed by atoms with Crippen LogP contribution in [0.25, 0.3) is 50.2 Å². The van der Waals surface area contributed by atoms with Crippen LogP contribution in [-0.4, -0.2) is 25.5 Å². The fourth-order valence-corrected chi connectivity index (χ4v) is 20.5. The van der Waals surface area contributed by atoms with Gasteiger partial charge in [-0.15, -0.1) is 0 Å². The fraction of sp³-hybridized carbons (Fsp3) is 0.210. The van der Waals surface area contributed by atoms with E-state index >= 15 is 0 Å². The van der Waals surface area contributed by atoms with E-state index in [1.54, 1.807) is 0 Å². The van der Waals surface area contributed by atoms with Gasteiger partial charge in [-0.2, -0.15) is 4.98 Å². The molecule has 0 spiro atoms. The summed E-state index contributed by atoms with van der Waals surface area (Å²) in [7, 11) is -5.01. The van der Waals surface area contributed by atoms with Gasteiger partial charge in [-0.05, 0) is 122 Å². The van der Waals surface area contributed by atoms with Gasteiger partial charge in [0.15, 0.2) is 13.7 Å². The summed E-state index contributed by atoms with van der Waals surface area (Å²) in [6, 6.07) is 67.2. The zero-order valence-corrected chi connectivity index (χ0v) is 41.3. The lowest BCUT2D eigenvalue weighted by molar-refractivity contribution is 0.488. The summed E-state index contributed by atoms with van der Waals surface area (Å²) in [6.45, 7) is 7.10. The Morgan fingerprint density at radius 2 is 1.06 bits per heavy atom. The quantitative estimate of drug-likeness (QED) is 0.113. The molecule has 2 fully saturated rings. The highest BCUT2D eigenvalue weighted by atomic mass is 28.3. The fourth-order valence-electron chi connectivity index (χ4n) is 12.9. The summed E-state index contributed by atoms with van der Waals surface area (Å²) >= 11 is 0. The van der Waals surface area contributed by atoms with E-state index in [4.69, 9.17) is 14.1 Å². The van der Waals surface area contributed by atoms with E-state index in [0.29, 0.717) is 17.7 Å². The first-order chi connectivity index (χ1) is 33.4. The maximum absolute atomic E-state index is 7.03. The molecular weight excluding hydrogens is 861 g/mol. The van der Waals surface area contributed by atoms with Crippen molar-refractivity contribution in [1.29, 1.82) is 0 Å². The van der Waals surface area contributed by atoms with Crippen molar-refractivity contribution in [1.82, 2.24) is 9.38 Å². The smallest absolute Gasteiger partial charge is 0.307 e. The Bertz CT molecular complexity index is 3520. The molecular formula is C62H56N2O2Si2. The lowest BCUT2D eigenvalue weighted by Gasteiger charge is -2.37. The summed E-state index contributed by atoms with van der Waals surface area (Å²) in [5, 5.41) is 8.44. The van der Waals surface area contributed by atoms with Gasteiger partial charge < -0.3 is 9.15 Å². The van der Waals surface area contributed by atoms with Crippen molar-refractivity contribution in [3.05, 3.63) is 193 Å². The first-order valence-corrected chi connectivity index (χ1v) is 30.0. The largest absolute Gasteiger partial charge is 0.457 e. The molecule has 4 nitrogen and oxygen atoms in total. The summed E-state index contributed by atoms with van der Waals surface area (Å²) in [6.07, 6.45) is 9.84. The zero-order chi connectivity index (χ0) is 45.6. The second kappa shape index (κ2) is 16.2. The van der Waals surface area contributed by atoms with Crippen molar-refractivity contribution in [2.45, 2.75) is 83.2 Å². The number of rotatable bonds is 8. The van der Waals surface area contributed by atoms with Crippen LogP contribution in [0.1, 0.15) is 79.9 Å². The molecule has 0 bridgehead atoms. The number of nitrogens with zero attached hydrogens (tertiary/aromatic N) is 2. The molecule has 68 heavy (non-hydrogen) atoms. The van der Waals surface area contributed by atoms with E-state index in [2.05, 4.69) is 200 Å². The van der Waals surface area contributed by atoms with Gasteiger partial charge in [0.25, 0.3) is 0 Å². The van der Waals surface area contributed by atoms with Gasteiger partial charge in [-0.25, -0.2) is 0 Å². The van der Waals surface area contributed by atoms with Crippen LogP contribution >= 0.6 is 0 Å². The summed E-state index contributed by atoms with van der Waals surface area (Å²) in [5.41, 5.74) is 13.1. The number of hydrogen-bond acceptors (Lipinski definition) is 3. The maximum atomic E-state index is 7.03. The first-order valence-electron chi connectivity index (χ1n) is 25.0. The molecule has 2 saturated carbocycles. The number of oxazole rings is 1. The topological polar surface area (TPSA) is 39.7 Å². The second-order valence-corrected chi connectivity index (χ2v) is 28.5. The molecule has 0 unspecified atom stereocenters. The van der Waals surface area contributed by atoms with Crippen LogP contribution in [-0.2, 0) is 0 Å². The molecule has 8 aromatic carbocycles. The average Bonchev–Trinajstić information content (AvgIpc) is 4.23. The van der Waals surface area contributed by atoms with Gasteiger partial charge >= 0.3 is 5.84 Å². The van der Waals surface area contributed by atoms with Gasteiger partial charge in [-0.1, -0.05) is 197 Å². The molecule has 0 N–H and O–H groups in total. The van der Waals surface area contributed by atoms with E-state index in [9.17, 15) is 0 Å². The molecule has 0 atom stereocenters. The van der Waals surface area contributed by atoms with Crippen LogP contribution < -0.4 is 35.9 Å². The van der Waals surface area contributed by atoms with E-state index in [1.807, 2.05) is 0 Å². The van der Waals surface area contributed by atoms with Crippen molar-refractivity contribution in [2.24, 2.45) is 0 Å². The normalized spacial score (nSPS) is 16.1. The molecule has 6 heteroatoms. The molecule has 334 valence electrons. The summed E-state index contributed by atoms with van der Waals surface area (Å²) in [5.74, 6) is 3.66. The van der Waals surface area contributed by atoms with Gasteiger partial charge in [0.2, 0.25) is 0 Å². The molecule has 3 heterocycles. The molecule has 2 aliphatic carbocycles. The maximum Gasteiger partial charge on any atom is 0.307 e. The van der Waals surface area contributed by atoms with Crippen LogP contribution in [0.15, 0.2) is 180 Å². The van der Waals surface area contributed by atoms with Crippen LogP contribution in [0.3, 0.4) is 0 Å². The molecule has 3 aliphatic rings. The third kappa shape index (κ3) is 6.33. The molecule has 2 aromatic heterocycles. The number of ether oxygens (including phenoxy) is 1. The van der Waals surface area contributed by atoms with E-state index in [1.165, 1.54) is 110 Å². The first kappa shape index (κ1) is 41.5. The minimum atomic E-state index is -2.98. The highest BCUT2D eigenvalue weighted by Crippen LogP contribution is 2.45. The van der Waals surface area contributed by atoms with Crippen molar-refractivity contribution >= 4 is 75.2 Å². The number of imidazole rings is 1. The second-order valence-electron chi connectivity index (χ2n) is 20.4. The number of aryl methyl sites for hydroxylation is 1. The third-order valence-electron chi connectivity index (χ3n) is 16.3. The minimum Gasteiger partial charge on any atom is -0.457 e. The Labute approximate surface area is 401 Å². The number of fused-ring (bicyclic) bond motifs is 7. The standard InChI is InChI=1S/C62H56N2O2Si2/c1-41-19-16-30-54-59(41)63-62-64(54)55-31-17-28-50(60(55)66-62)48-37-35-46(39-52(48)42-20-10-11-21-42)68(44-24-6-4-7-25-44,45-26-8-5-9-27-45)47-36-38-49(53(40-47)43-22-12-13-23-43)51-29-18-34-58-61(51)65-56-32-14-15-33-57(56)67(58,2)3/h4-9,14-19,24-40,42-43H,10-13,20-23H2,1-3H3. The molecule has 0 saturated heterocycles. The summed E-state index contributed by atoms with van der Waals surface area (Å²) in [4.78, 5) is 5.03. The number of aromatic nitrogens is 2. The number of benzene rings is 8. The van der Waals surface area contributed by atoms with Crippen LogP contribution in [0.5, 0.6) is 11.5 Å². The van der Waals surface area contributed by atoms with E-state index in [-0.39, 0.29) is 0 Å². The monoisotopic (exact) mass is 916 g/mol. The van der Waals surface area contributed by atoms with Gasteiger partial charge in [0.05, 0.1) is 16.6 Å². The predicted molar refractivity (Wildman–Crippen MR) is 287 cm³/mol. The number of para-hydroxylation sites is 4. The highest BCUT2D eigenvalue weighted by molar-refractivity contribution is 7.20. The van der Waals surface area contributed by atoms with Crippen LogP contribution in [0.4, 0.5) is 0 Å². The van der Waals surface area contributed by atoms with E-state index in [0.717, 1.165) is 44.8 Å². The van der Waals surface area contributed by atoms with Crippen molar-refractivity contribution in [3.63, 3.8) is 0 Å². The molecule has 0 radical (unpaired) electrons. The lowest BCUT2D eigenvalue weighted by Crippen LogP contribution is -2.74. The third-order valence-corrected chi connectivity index (χ3v) is 24.6. The van der Waals surface area contributed by atoms with Gasteiger partial charge in [0, 0.05) is 11.1 Å². The Hall–Kier alpha value is -6.74. The van der Waals surface area contributed by atoms with Crippen LogP contribution in [0.2, 0.25) is 13.1 Å². The SMILES string of the molecule is Cc1cccc2c1nc1oc3c(-c4ccc([Si](c5ccccc5)(c5ccccc5)c5ccc(-c6cccc7c6Oc6ccccc6[Si]7(C)C)c(C6CCCC6)c5)cc4C4CCCC4)cccc3n12.